The van der Waals surface area contributed by atoms with E-state index < -0.39 is 0 Å². The lowest BCUT2D eigenvalue weighted by molar-refractivity contribution is 0.0946. The molecule has 0 aromatic carbocycles. The second kappa shape index (κ2) is 8.56. The van der Waals surface area contributed by atoms with Crippen molar-refractivity contribution in [2.24, 2.45) is 0 Å². The molecule has 0 aliphatic rings. The average Bonchev–Trinajstić information content (AvgIpc) is 3.23. The Morgan fingerprint density at radius 1 is 1.32 bits per heavy atom. The van der Waals surface area contributed by atoms with Crippen molar-refractivity contribution in [3.8, 4) is 11.3 Å². The van der Waals surface area contributed by atoms with Gasteiger partial charge < -0.3 is 14.5 Å². The number of carbonyl (C=O) groups is 1. The highest BCUT2D eigenvalue weighted by Gasteiger charge is 2.20. The zero-order chi connectivity index (χ0) is 20.3. The minimum atomic E-state index is -0.133. The third-order valence-corrected chi connectivity index (χ3v) is 4.57. The Kier molecular flexibility index (Phi) is 6.14. The Labute approximate surface area is 165 Å². The van der Waals surface area contributed by atoms with Gasteiger partial charge in [0.25, 0.3) is 5.91 Å². The van der Waals surface area contributed by atoms with E-state index in [1.807, 2.05) is 51.4 Å². The summed E-state index contributed by atoms with van der Waals surface area (Å²) in [6.45, 7) is 11.7. The van der Waals surface area contributed by atoms with E-state index >= 15 is 0 Å². The number of aryl methyl sites for hydroxylation is 2. The highest BCUT2D eigenvalue weighted by Crippen LogP contribution is 2.30. The van der Waals surface area contributed by atoms with Crippen molar-refractivity contribution in [2.75, 3.05) is 19.8 Å². The zero-order valence-electron chi connectivity index (χ0n) is 17.2. The number of nitrogens with one attached hydrogen (secondary N) is 1. The van der Waals surface area contributed by atoms with Gasteiger partial charge in [0, 0.05) is 31.4 Å². The van der Waals surface area contributed by atoms with Gasteiger partial charge in [0.1, 0.15) is 11.5 Å². The molecule has 7 heteroatoms. The zero-order valence-corrected chi connectivity index (χ0v) is 17.2. The third kappa shape index (κ3) is 4.09. The highest BCUT2D eigenvalue weighted by atomic mass is 16.5. The largest absolute Gasteiger partial charge is 0.466 e. The summed E-state index contributed by atoms with van der Waals surface area (Å²) in [4.78, 5) is 17.7. The van der Waals surface area contributed by atoms with Gasteiger partial charge in [-0.2, -0.15) is 5.10 Å². The molecule has 3 rings (SSSR count). The van der Waals surface area contributed by atoms with Gasteiger partial charge in [-0.05, 0) is 53.2 Å². The van der Waals surface area contributed by atoms with E-state index in [4.69, 9.17) is 14.1 Å². The molecule has 0 saturated carbocycles. The van der Waals surface area contributed by atoms with Crippen LogP contribution in [0.25, 0.3) is 22.3 Å². The maximum Gasteiger partial charge on any atom is 0.252 e. The first kappa shape index (κ1) is 20.1. The van der Waals surface area contributed by atoms with Crippen LogP contribution in [0.5, 0.6) is 0 Å². The molecule has 0 bridgehead atoms. The second-order valence-electron chi connectivity index (χ2n) is 7.11. The molecule has 0 fully saturated rings. The van der Waals surface area contributed by atoms with E-state index in [1.165, 1.54) is 0 Å². The lowest BCUT2D eigenvalue weighted by atomic mass is 10.1. The van der Waals surface area contributed by atoms with Gasteiger partial charge in [0.05, 0.1) is 22.8 Å². The number of ether oxygens (including phenoxy) is 1. The monoisotopic (exact) mass is 384 g/mol. The van der Waals surface area contributed by atoms with E-state index in [0.717, 1.165) is 28.9 Å². The predicted molar refractivity (Wildman–Crippen MR) is 109 cm³/mol. The number of hydrogen-bond donors (Lipinski definition) is 1. The van der Waals surface area contributed by atoms with Crippen LogP contribution in [0.2, 0.25) is 0 Å². The predicted octanol–water partition coefficient (Wildman–Crippen LogP) is 4.05. The molecule has 3 aromatic heterocycles. The number of pyridine rings is 1. The molecule has 0 aliphatic heterocycles. The number of aromatic nitrogens is 3. The topological polar surface area (TPSA) is 82.2 Å². The number of nitrogens with zero attached hydrogens (tertiary/aromatic N) is 3. The summed E-state index contributed by atoms with van der Waals surface area (Å²) in [5, 5.41) is 8.18. The summed E-state index contributed by atoms with van der Waals surface area (Å²) < 4.78 is 12.8. The van der Waals surface area contributed by atoms with Crippen molar-refractivity contribution in [1.29, 1.82) is 0 Å². The van der Waals surface area contributed by atoms with Crippen molar-refractivity contribution < 1.29 is 13.9 Å². The molecule has 0 unspecified atom stereocenters. The third-order valence-electron chi connectivity index (χ3n) is 4.57. The minimum Gasteiger partial charge on any atom is -0.466 e. The molecule has 0 atom stereocenters. The van der Waals surface area contributed by atoms with Crippen molar-refractivity contribution in [3.63, 3.8) is 0 Å². The molecule has 3 aromatic rings. The van der Waals surface area contributed by atoms with Gasteiger partial charge in [0.15, 0.2) is 5.65 Å². The molecule has 3 heterocycles. The summed E-state index contributed by atoms with van der Waals surface area (Å²) in [6.07, 6.45) is 2.49. The van der Waals surface area contributed by atoms with E-state index in [1.54, 1.807) is 6.20 Å². The van der Waals surface area contributed by atoms with Crippen LogP contribution in [0.3, 0.4) is 0 Å². The molecule has 0 aliphatic carbocycles. The Balaban J connectivity index is 2.00. The van der Waals surface area contributed by atoms with E-state index in [-0.39, 0.29) is 11.9 Å². The van der Waals surface area contributed by atoms with Gasteiger partial charge in [-0.3, -0.25) is 4.79 Å². The molecule has 28 heavy (non-hydrogen) atoms. The smallest absolute Gasteiger partial charge is 0.252 e. The molecule has 1 amide bonds. The molecule has 0 spiro atoms. The fourth-order valence-corrected chi connectivity index (χ4v) is 3.22. The van der Waals surface area contributed by atoms with Crippen LogP contribution in [0.15, 0.2) is 22.7 Å². The van der Waals surface area contributed by atoms with Crippen LogP contribution in [0.1, 0.15) is 55.1 Å². The summed E-state index contributed by atoms with van der Waals surface area (Å²) in [7, 11) is 0. The molecule has 7 nitrogen and oxygen atoms in total. The van der Waals surface area contributed by atoms with Gasteiger partial charge >= 0.3 is 0 Å². The van der Waals surface area contributed by atoms with Crippen LogP contribution in [-0.2, 0) is 4.74 Å². The van der Waals surface area contributed by atoms with Crippen molar-refractivity contribution in [3.05, 3.63) is 35.4 Å². The van der Waals surface area contributed by atoms with Gasteiger partial charge in [0.2, 0.25) is 0 Å². The number of fused-ring (bicyclic) bond motifs is 1. The Hall–Kier alpha value is -2.67. The minimum absolute atomic E-state index is 0.133. The lowest BCUT2D eigenvalue weighted by Gasteiger charge is -2.11. The summed E-state index contributed by atoms with van der Waals surface area (Å²) in [6, 6.07) is 3.90. The van der Waals surface area contributed by atoms with Crippen LogP contribution < -0.4 is 5.32 Å². The fourth-order valence-electron chi connectivity index (χ4n) is 3.22. The normalized spacial score (nSPS) is 11.5. The van der Waals surface area contributed by atoms with Gasteiger partial charge in [-0.1, -0.05) is 0 Å². The number of hydrogen-bond acceptors (Lipinski definition) is 5. The summed E-state index contributed by atoms with van der Waals surface area (Å²) in [5.41, 5.74) is 2.87. The van der Waals surface area contributed by atoms with Crippen LogP contribution >= 0.6 is 0 Å². The van der Waals surface area contributed by atoms with Crippen LogP contribution in [0.4, 0.5) is 0 Å². The molecule has 0 saturated heterocycles. The van der Waals surface area contributed by atoms with Crippen LogP contribution in [0, 0.1) is 13.8 Å². The Bertz CT molecular complexity index is 972. The van der Waals surface area contributed by atoms with Crippen molar-refractivity contribution >= 4 is 16.9 Å². The average molecular weight is 384 g/mol. The quantitative estimate of drug-likeness (QED) is 0.593. The maximum atomic E-state index is 12.9. The molecular weight excluding hydrogens is 356 g/mol. The van der Waals surface area contributed by atoms with E-state index in [0.29, 0.717) is 36.7 Å². The Morgan fingerprint density at radius 2 is 2.11 bits per heavy atom. The first-order valence-electron chi connectivity index (χ1n) is 9.74. The summed E-state index contributed by atoms with van der Waals surface area (Å²) >= 11 is 0. The highest BCUT2D eigenvalue weighted by molar-refractivity contribution is 6.06. The second-order valence-corrected chi connectivity index (χ2v) is 7.11. The molecular formula is C21H28N4O3. The first-order valence-corrected chi connectivity index (χ1v) is 9.74. The SMILES string of the molecule is CCOCCCNC(=O)c1cc(-c2cc(C)oc2C)nc2c1cnn2C(C)C. The lowest BCUT2D eigenvalue weighted by Crippen LogP contribution is -2.25. The first-order chi connectivity index (χ1) is 13.4. The van der Waals surface area contributed by atoms with Crippen molar-refractivity contribution in [2.45, 2.75) is 47.1 Å². The molecule has 0 radical (unpaired) electrons. The number of carbonyl (C=O) groups excluding carboxylic acids is 1. The number of rotatable bonds is 8. The number of furan rings is 1. The fraction of sp³-hybridized carbons (Fsp3) is 0.476. The summed E-state index contributed by atoms with van der Waals surface area (Å²) in [5.74, 6) is 1.46. The van der Waals surface area contributed by atoms with Gasteiger partial charge in [-0.15, -0.1) is 0 Å². The standard InChI is InChI=1S/C21H28N4O3/c1-6-27-9-7-8-22-21(26)17-11-19(16-10-14(4)28-15(16)5)24-20-18(17)12-23-25(20)13(2)3/h10-13H,6-9H2,1-5H3,(H,22,26). The molecule has 1 N–H and O–H groups in total. The van der Waals surface area contributed by atoms with Crippen LogP contribution in [-0.4, -0.2) is 40.4 Å². The Morgan fingerprint density at radius 3 is 2.75 bits per heavy atom. The number of amides is 1. The van der Waals surface area contributed by atoms with Gasteiger partial charge in [-0.25, -0.2) is 9.67 Å². The van der Waals surface area contributed by atoms with Crippen molar-refractivity contribution in [1.82, 2.24) is 20.1 Å². The molecule has 150 valence electrons. The maximum absolute atomic E-state index is 12.9. The van der Waals surface area contributed by atoms with E-state index in [2.05, 4.69) is 10.4 Å². The van der Waals surface area contributed by atoms with E-state index in [9.17, 15) is 4.79 Å².